The second kappa shape index (κ2) is 5.25. The lowest BCUT2D eigenvalue weighted by molar-refractivity contribution is 0.380. The zero-order valence-electron chi connectivity index (χ0n) is 10.1. The lowest BCUT2D eigenvalue weighted by atomic mass is 9.99. The SMILES string of the molecule is Cc1cnnc(N(C)CC2CCCNC2)c1. The molecular formula is C12H20N4. The lowest BCUT2D eigenvalue weighted by Gasteiger charge is -2.28. The average Bonchev–Trinajstić information content (AvgIpc) is 2.30. The molecule has 2 rings (SSSR count). The summed E-state index contributed by atoms with van der Waals surface area (Å²) >= 11 is 0. The molecule has 1 atom stereocenters. The number of aromatic nitrogens is 2. The molecule has 88 valence electrons. The summed E-state index contributed by atoms with van der Waals surface area (Å²) in [5, 5.41) is 11.6. The highest BCUT2D eigenvalue weighted by Gasteiger charge is 2.15. The van der Waals surface area contributed by atoms with Crippen LogP contribution in [-0.4, -0.2) is 36.9 Å². The van der Waals surface area contributed by atoms with Crippen molar-refractivity contribution < 1.29 is 0 Å². The average molecular weight is 220 g/mol. The summed E-state index contributed by atoms with van der Waals surface area (Å²) in [5.41, 5.74) is 1.17. The zero-order chi connectivity index (χ0) is 11.4. The Labute approximate surface area is 97.1 Å². The molecule has 1 N–H and O–H groups in total. The molecule has 1 aromatic heterocycles. The van der Waals surface area contributed by atoms with Gasteiger partial charge in [-0.1, -0.05) is 0 Å². The highest BCUT2D eigenvalue weighted by atomic mass is 15.2. The number of rotatable bonds is 3. The number of nitrogens with zero attached hydrogens (tertiary/aromatic N) is 3. The van der Waals surface area contributed by atoms with Crippen molar-refractivity contribution in [2.24, 2.45) is 5.92 Å². The summed E-state index contributed by atoms with van der Waals surface area (Å²) in [5.74, 6) is 1.71. The zero-order valence-corrected chi connectivity index (χ0v) is 10.1. The van der Waals surface area contributed by atoms with Crippen LogP contribution < -0.4 is 10.2 Å². The summed E-state index contributed by atoms with van der Waals surface area (Å²) in [6.07, 6.45) is 4.40. The molecule has 16 heavy (non-hydrogen) atoms. The van der Waals surface area contributed by atoms with E-state index in [-0.39, 0.29) is 0 Å². The van der Waals surface area contributed by atoms with Crippen molar-refractivity contribution >= 4 is 5.82 Å². The Morgan fingerprint density at radius 2 is 2.44 bits per heavy atom. The molecule has 2 heterocycles. The standard InChI is InChI=1S/C12H20N4/c1-10-6-12(15-14-7-10)16(2)9-11-4-3-5-13-8-11/h6-7,11,13H,3-5,8-9H2,1-2H3. The van der Waals surface area contributed by atoms with Gasteiger partial charge in [0.05, 0.1) is 6.20 Å². The van der Waals surface area contributed by atoms with Crippen LogP contribution in [0.25, 0.3) is 0 Å². The van der Waals surface area contributed by atoms with Crippen LogP contribution in [0.3, 0.4) is 0 Å². The maximum absolute atomic E-state index is 4.16. The molecule has 0 radical (unpaired) electrons. The molecule has 1 fully saturated rings. The predicted octanol–water partition coefficient (Wildman–Crippen LogP) is 1.22. The fraction of sp³-hybridized carbons (Fsp3) is 0.667. The smallest absolute Gasteiger partial charge is 0.151 e. The van der Waals surface area contributed by atoms with Gasteiger partial charge >= 0.3 is 0 Å². The van der Waals surface area contributed by atoms with Crippen molar-refractivity contribution in [1.82, 2.24) is 15.5 Å². The first kappa shape index (κ1) is 11.3. The maximum Gasteiger partial charge on any atom is 0.151 e. The first-order valence-electron chi connectivity index (χ1n) is 5.97. The number of hydrogen-bond donors (Lipinski definition) is 1. The summed E-state index contributed by atoms with van der Waals surface area (Å²) < 4.78 is 0. The van der Waals surface area contributed by atoms with E-state index in [1.807, 2.05) is 6.92 Å². The third-order valence-corrected chi connectivity index (χ3v) is 3.10. The van der Waals surface area contributed by atoms with E-state index in [1.165, 1.54) is 24.9 Å². The fourth-order valence-corrected chi connectivity index (χ4v) is 2.20. The number of nitrogens with one attached hydrogen (secondary N) is 1. The lowest BCUT2D eigenvalue weighted by Crippen LogP contribution is -2.37. The van der Waals surface area contributed by atoms with Crippen molar-refractivity contribution in [3.63, 3.8) is 0 Å². The van der Waals surface area contributed by atoms with Crippen LogP contribution in [0.5, 0.6) is 0 Å². The third kappa shape index (κ3) is 2.92. The molecular weight excluding hydrogens is 200 g/mol. The van der Waals surface area contributed by atoms with E-state index in [0.717, 1.165) is 24.8 Å². The molecule has 1 aliphatic rings. The maximum atomic E-state index is 4.16. The van der Waals surface area contributed by atoms with Crippen molar-refractivity contribution in [2.45, 2.75) is 19.8 Å². The van der Waals surface area contributed by atoms with Crippen LogP contribution in [0.2, 0.25) is 0 Å². The van der Waals surface area contributed by atoms with Gasteiger partial charge in [0.1, 0.15) is 0 Å². The van der Waals surface area contributed by atoms with Gasteiger partial charge in [0, 0.05) is 13.6 Å². The Morgan fingerprint density at radius 1 is 1.56 bits per heavy atom. The first-order valence-corrected chi connectivity index (χ1v) is 5.97. The van der Waals surface area contributed by atoms with E-state index < -0.39 is 0 Å². The van der Waals surface area contributed by atoms with Crippen LogP contribution in [0, 0.1) is 12.8 Å². The number of piperidine rings is 1. The van der Waals surface area contributed by atoms with Gasteiger partial charge < -0.3 is 10.2 Å². The van der Waals surface area contributed by atoms with E-state index in [0.29, 0.717) is 0 Å². The minimum Gasteiger partial charge on any atom is -0.358 e. The molecule has 1 unspecified atom stereocenters. The van der Waals surface area contributed by atoms with Gasteiger partial charge in [-0.2, -0.15) is 5.10 Å². The molecule has 4 nitrogen and oxygen atoms in total. The molecule has 0 bridgehead atoms. The Bertz CT molecular complexity index is 334. The highest BCUT2D eigenvalue weighted by Crippen LogP contribution is 2.15. The molecule has 4 heteroatoms. The van der Waals surface area contributed by atoms with E-state index in [9.17, 15) is 0 Å². The number of hydrogen-bond acceptors (Lipinski definition) is 4. The molecule has 0 saturated carbocycles. The third-order valence-electron chi connectivity index (χ3n) is 3.10. The van der Waals surface area contributed by atoms with Gasteiger partial charge in [0.2, 0.25) is 0 Å². The van der Waals surface area contributed by atoms with Gasteiger partial charge in [0.15, 0.2) is 5.82 Å². The first-order chi connectivity index (χ1) is 7.75. The molecule has 0 aliphatic carbocycles. The van der Waals surface area contributed by atoms with Crippen LogP contribution in [0.1, 0.15) is 18.4 Å². The summed E-state index contributed by atoms with van der Waals surface area (Å²) in [4.78, 5) is 2.21. The highest BCUT2D eigenvalue weighted by molar-refractivity contribution is 5.37. The van der Waals surface area contributed by atoms with Crippen LogP contribution in [-0.2, 0) is 0 Å². The predicted molar refractivity (Wildman–Crippen MR) is 65.6 cm³/mol. The van der Waals surface area contributed by atoms with Gasteiger partial charge in [-0.25, -0.2) is 0 Å². The molecule has 0 amide bonds. The Morgan fingerprint density at radius 3 is 3.12 bits per heavy atom. The normalized spacial score (nSPS) is 20.8. The molecule has 0 spiro atoms. The second-order valence-electron chi connectivity index (χ2n) is 4.68. The van der Waals surface area contributed by atoms with E-state index in [1.54, 1.807) is 6.20 Å². The minimum atomic E-state index is 0.737. The molecule has 1 aromatic rings. The van der Waals surface area contributed by atoms with Crippen molar-refractivity contribution in [2.75, 3.05) is 31.6 Å². The van der Waals surface area contributed by atoms with Crippen LogP contribution >= 0.6 is 0 Å². The molecule has 1 aliphatic heterocycles. The van der Waals surface area contributed by atoms with Gasteiger partial charge in [-0.3, -0.25) is 0 Å². The van der Waals surface area contributed by atoms with Crippen molar-refractivity contribution in [3.05, 3.63) is 17.8 Å². The van der Waals surface area contributed by atoms with E-state index in [4.69, 9.17) is 0 Å². The van der Waals surface area contributed by atoms with E-state index in [2.05, 4.69) is 33.5 Å². The fourth-order valence-electron chi connectivity index (χ4n) is 2.20. The number of aryl methyl sites for hydroxylation is 1. The van der Waals surface area contributed by atoms with Gasteiger partial charge in [-0.15, -0.1) is 5.10 Å². The van der Waals surface area contributed by atoms with Gasteiger partial charge in [-0.05, 0) is 50.4 Å². The molecule has 0 aromatic carbocycles. The largest absolute Gasteiger partial charge is 0.358 e. The van der Waals surface area contributed by atoms with Crippen LogP contribution in [0.15, 0.2) is 12.3 Å². The quantitative estimate of drug-likeness (QED) is 0.831. The molecule has 1 saturated heterocycles. The summed E-state index contributed by atoms with van der Waals surface area (Å²) in [7, 11) is 2.10. The Hall–Kier alpha value is -1.16. The van der Waals surface area contributed by atoms with Crippen molar-refractivity contribution in [3.8, 4) is 0 Å². The monoisotopic (exact) mass is 220 g/mol. The Balaban J connectivity index is 1.94. The van der Waals surface area contributed by atoms with Crippen molar-refractivity contribution in [1.29, 1.82) is 0 Å². The minimum absolute atomic E-state index is 0.737. The summed E-state index contributed by atoms with van der Waals surface area (Å²) in [6.45, 7) is 5.41. The van der Waals surface area contributed by atoms with Crippen LogP contribution in [0.4, 0.5) is 5.82 Å². The topological polar surface area (TPSA) is 41.1 Å². The summed E-state index contributed by atoms with van der Waals surface area (Å²) in [6, 6.07) is 2.09. The van der Waals surface area contributed by atoms with Gasteiger partial charge in [0.25, 0.3) is 0 Å². The van der Waals surface area contributed by atoms with E-state index >= 15 is 0 Å². The Kier molecular flexibility index (Phi) is 3.72. The number of anilines is 1. The second-order valence-corrected chi connectivity index (χ2v) is 4.68.